The zero-order chi connectivity index (χ0) is 17.4. The summed E-state index contributed by atoms with van der Waals surface area (Å²) < 4.78 is 3.91. The van der Waals surface area contributed by atoms with Gasteiger partial charge in [-0.15, -0.1) is 10.2 Å². The van der Waals surface area contributed by atoms with E-state index in [1.807, 2.05) is 15.3 Å². The molecule has 1 aliphatic carbocycles. The van der Waals surface area contributed by atoms with E-state index in [9.17, 15) is 4.79 Å². The molecular formula is C16H19N7OS. The van der Waals surface area contributed by atoms with Crippen LogP contribution in [-0.4, -0.2) is 41.2 Å². The van der Waals surface area contributed by atoms with Crippen molar-refractivity contribution in [2.45, 2.75) is 43.9 Å². The van der Waals surface area contributed by atoms with E-state index < -0.39 is 0 Å². The molecule has 1 saturated carbocycles. The number of nitrogens with one attached hydrogen (secondary N) is 1. The Bertz CT molecular complexity index is 912. The lowest BCUT2D eigenvalue weighted by atomic mass is 10.3. The van der Waals surface area contributed by atoms with Crippen LogP contribution >= 0.6 is 11.8 Å². The van der Waals surface area contributed by atoms with Gasteiger partial charge in [-0.2, -0.15) is 5.10 Å². The van der Waals surface area contributed by atoms with Crippen molar-refractivity contribution in [1.82, 2.24) is 29.5 Å². The molecule has 1 amide bonds. The molecular weight excluding hydrogens is 338 g/mol. The molecule has 130 valence electrons. The van der Waals surface area contributed by atoms with E-state index in [0.29, 0.717) is 11.7 Å². The summed E-state index contributed by atoms with van der Waals surface area (Å²) in [5.41, 5.74) is 1.49. The molecule has 1 fully saturated rings. The number of amides is 1. The molecule has 4 rings (SSSR count). The van der Waals surface area contributed by atoms with E-state index in [-0.39, 0.29) is 17.7 Å². The summed E-state index contributed by atoms with van der Waals surface area (Å²) in [6.07, 6.45) is 7.49. The number of rotatable bonds is 6. The Labute approximate surface area is 149 Å². The van der Waals surface area contributed by atoms with Gasteiger partial charge >= 0.3 is 0 Å². The predicted octanol–water partition coefficient (Wildman–Crippen LogP) is 2.67. The Hall–Kier alpha value is -2.42. The molecule has 8 nitrogen and oxygen atoms in total. The molecule has 1 N–H and O–H groups in total. The minimum atomic E-state index is -0.0900. The van der Waals surface area contributed by atoms with Crippen LogP contribution in [0.5, 0.6) is 0 Å². The third-order valence-corrected chi connectivity index (χ3v) is 4.98. The molecule has 0 aromatic carbocycles. The summed E-state index contributed by atoms with van der Waals surface area (Å²) in [6, 6.07) is 2.64. The van der Waals surface area contributed by atoms with E-state index >= 15 is 0 Å². The summed E-state index contributed by atoms with van der Waals surface area (Å²) in [5.74, 6) is 0.196. The second-order valence-corrected chi connectivity index (χ2v) is 7.35. The van der Waals surface area contributed by atoms with Crippen LogP contribution in [0.2, 0.25) is 0 Å². The number of nitrogens with zero attached hydrogens (tertiary/aromatic N) is 6. The van der Waals surface area contributed by atoms with Gasteiger partial charge in [0.2, 0.25) is 5.91 Å². The average Bonchev–Trinajstić information content (AvgIpc) is 3.17. The Morgan fingerprint density at radius 2 is 2.24 bits per heavy atom. The second kappa shape index (κ2) is 6.47. The van der Waals surface area contributed by atoms with Crippen LogP contribution in [0.4, 0.5) is 5.69 Å². The Kier molecular flexibility index (Phi) is 4.16. The standard InChI is InChI=1S/C16H19N7OS/c1-10(2)23-15-11(6-19-23)5-12(7-17-15)20-14(24)8-25-16-21-18-9-22(16)13-3-4-13/h5-7,9-10,13H,3-4,8H2,1-2H3,(H,20,24). The van der Waals surface area contributed by atoms with Gasteiger partial charge in [0, 0.05) is 17.5 Å². The van der Waals surface area contributed by atoms with Crippen molar-refractivity contribution < 1.29 is 4.79 Å². The highest BCUT2D eigenvalue weighted by Gasteiger charge is 2.26. The molecule has 0 spiro atoms. The normalized spacial score (nSPS) is 14.4. The largest absolute Gasteiger partial charge is 0.324 e. The first-order valence-electron chi connectivity index (χ1n) is 8.27. The van der Waals surface area contributed by atoms with Crippen molar-refractivity contribution in [3.63, 3.8) is 0 Å². The SMILES string of the molecule is CC(C)n1ncc2cc(NC(=O)CSc3nncn3C3CC3)cnc21. The molecule has 3 heterocycles. The van der Waals surface area contributed by atoms with Crippen LogP contribution in [-0.2, 0) is 4.79 Å². The van der Waals surface area contributed by atoms with Crippen molar-refractivity contribution >= 4 is 34.4 Å². The summed E-state index contributed by atoms with van der Waals surface area (Å²) >= 11 is 1.40. The zero-order valence-corrected chi connectivity index (χ0v) is 14.9. The lowest BCUT2D eigenvalue weighted by Crippen LogP contribution is -2.14. The number of carbonyl (C=O) groups is 1. The highest BCUT2D eigenvalue weighted by molar-refractivity contribution is 7.99. The minimum Gasteiger partial charge on any atom is -0.324 e. The third-order valence-electron chi connectivity index (χ3n) is 4.02. The van der Waals surface area contributed by atoms with Crippen molar-refractivity contribution in [3.8, 4) is 0 Å². The lowest BCUT2D eigenvalue weighted by molar-refractivity contribution is -0.113. The van der Waals surface area contributed by atoms with Gasteiger partial charge in [0.05, 0.1) is 23.8 Å². The number of anilines is 1. The van der Waals surface area contributed by atoms with Crippen LogP contribution < -0.4 is 5.32 Å². The predicted molar refractivity (Wildman–Crippen MR) is 95.6 cm³/mol. The zero-order valence-electron chi connectivity index (χ0n) is 14.1. The number of hydrogen-bond donors (Lipinski definition) is 1. The number of pyridine rings is 1. The molecule has 25 heavy (non-hydrogen) atoms. The van der Waals surface area contributed by atoms with E-state index in [1.165, 1.54) is 11.8 Å². The Morgan fingerprint density at radius 3 is 3.00 bits per heavy atom. The monoisotopic (exact) mass is 357 g/mol. The van der Waals surface area contributed by atoms with Gasteiger partial charge < -0.3 is 9.88 Å². The first-order valence-corrected chi connectivity index (χ1v) is 9.26. The molecule has 3 aromatic rings. The minimum absolute atomic E-state index is 0.0900. The van der Waals surface area contributed by atoms with Crippen LogP contribution in [0.3, 0.4) is 0 Å². The molecule has 0 atom stereocenters. The number of aromatic nitrogens is 6. The summed E-state index contributed by atoms with van der Waals surface area (Å²) in [6.45, 7) is 4.11. The van der Waals surface area contributed by atoms with Crippen molar-refractivity contribution in [2.75, 3.05) is 11.1 Å². The van der Waals surface area contributed by atoms with Crippen molar-refractivity contribution in [1.29, 1.82) is 0 Å². The van der Waals surface area contributed by atoms with Crippen LogP contribution in [0, 0.1) is 0 Å². The van der Waals surface area contributed by atoms with Gasteiger partial charge in [0.1, 0.15) is 6.33 Å². The topological polar surface area (TPSA) is 90.5 Å². The summed E-state index contributed by atoms with van der Waals surface area (Å²) in [4.78, 5) is 16.6. The highest BCUT2D eigenvalue weighted by atomic mass is 32.2. The molecule has 0 saturated heterocycles. The van der Waals surface area contributed by atoms with Gasteiger partial charge in [-0.3, -0.25) is 4.79 Å². The smallest absolute Gasteiger partial charge is 0.234 e. The van der Waals surface area contributed by atoms with E-state index in [4.69, 9.17) is 0 Å². The maximum absolute atomic E-state index is 12.2. The molecule has 0 bridgehead atoms. The van der Waals surface area contributed by atoms with Gasteiger partial charge in [-0.25, -0.2) is 9.67 Å². The number of thioether (sulfide) groups is 1. The molecule has 0 unspecified atom stereocenters. The molecule has 0 aliphatic heterocycles. The highest BCUT2D eigenvalue weighted by Crippen LogP contribution is 2.37. The summed E-state index contributed by atoms with van der Waals surface area (Å²) in [5, 5.41) is 17.0. The summed E-state index contributed by atoms with van der Waals surface area (Å²) in [7, 11) is 0. The number of fused-ring (bicyclic) bond motifs is 1. The van der Waals surface area contributed by atoms with Crippen molar-refractivity contribution in [2.24, 2.45) is 0 Å². The molecule has 0 radical (unpaired) electrons. The van der Waals surface area contributed by atoms with Crippen LogP contribution in [0.25, 0.3) is 11.0 Å². The Balaban J connectivity index is 1.40. The number of carbonyl (C=O) groups excluding carboxylic acids is 1. The van der Waals surface area contributed by atoms with E-state index in [1.54, 1.807) is 18.7 Å². The van der Waals surface area contributed by atoms with Gasteiger partial charge in [-0.05, 0) is 32.8 Å². The Morgan fingerprint density at radius 1 is 1.40 bits per heavy atom. The van der Waals surface area contributed by atoms with Crippen LogP contribution in [0.15, 0.2) is 29.9 Å². The fourth-order valence-corrected chi connectivity index (χ4v) is 3.43. The molecule has 3 aromatic heterocycles. The fraction of sp³-hybridized carbons (Fsp3) is 0.438. The van der Waals surface area contributed by atoms with Crippen LogP contribution in [0.1, 0.15) is 38.8 Å². The first-order chi connectivity index (χ1) is 12.1. The first kappa shape index (κ1) is 16.1. The lowest BCUT2D eigenvalue weighted by Gasteiger charge is -2.08. The quantitative estimate of drug-likeness (QED) is 0.682. The van der Waals surface area contributed by atoms with E-state index in [2.05, 4.69) is 39.4 Å². The van der Waals surface area contributed by atoms with Gasteiger partial charge in [0.15, 0.2) is 10.8 Å². The fourth-order valence-electron chi connectivity index (χ4n) is 2.65. The third kappa shape index (κ3) is 3.37. The van der Waals surface area contributed by atoms with Gasteiger partial charge in [0.25, 0.3) is 0 Å². The molecule has 9 heteroatoms. The van der Waals surface area contributed by atoms with Gasteiger partial charge in [-0.1, -0.05) is 11.8 Å². The maximum atomic E-state index is 12.2. The van der Waals surface area contributed by atoms with Crippen molar-refractivity contribution in [3.05, 3.63) is 24.8 Å². The van der Waals surface area contributed by atoms with E-state index in [0.717, 1.165) is 29.0 Å². The average molecular weight is 357 g/mol. The second-order valence-electron chi connectivity index (χ2n) is 6.41. The maximum Gasteiger partial charge on any atom is 0.234 e. The molecule has 1 aliphatic rings. The number of hydrogen-bond acceptors (Lipinski definition) is 6.